The van der Waals surface area contributed by atoms with Crippen LogP contribution in [0.2, 0.25) is 0 Å². The van der Waals surface area contributed by atoms with Crippen LogP contribution < -0.4 is 4.74 Å². The van der Waals surface area contributed by atoms with E-state index in [4.69, 9.17) is 4.74 Å². The largest absolute Gasteiger partial charge is 0.452 e. The monoisotopic (exact) mass is 281 g/mol. The molecule has 0 radical (unpaired) electrons. The summed E-state index contributed by atoms with van der Waals surface area (Å²) in [7, 11) is 0. The van der Waals surface area contributed by atoms with Crippen LogP contribution in [0, 0.1) is 12.7 Å². The van der Waals surface area contributed by atoms with Gasteiger partial charge in [-0.2, -0.15) is 0 Å². The average molecular weight is 281 g/mol. The number of rotatable bonds is 3. The molecule has 0 bridgehead atoms. The Labute approximate surface area is 121 Å². The van der Waals surface area contributed by atoms with E-state index in [-0.39, 0.29) is 11.3 Å². The van der Waals surface area contributed by atoms with Crippen molar-refractivity contribution in [3.8, 4) is 11.5 Å². The molecule has 21 heavy (non-hydrogen) atoms. The summed E-state index contributed by atoms with van der Waals surface area (Å²) in [4.78, 5) is 15.1. The zero-order valence-electron chi connectivity index (χ0n) is 11.3. The second-order valence-corrected chi connectivity index (χ2v) is 4.69. The number of carbonyl (C=O) groups excluding carboxylic acids is 1. The van der Waals surface area contributed by atoms with Crippen LogP contribution in [0.25, 0.3) is 10.9 Å². The molecule has 0 saturated heterocycles. The maximum Gasteiger partial charge on any atom is 0.166 e. The number of fused-ring (bicyclic) bond motifs is 1. The van der Waals surface area contributed by atoms with Gasteiger partial charge in [0.1, 0.15) is 11.8 Å². The van der Waals surface area contributed by atoms with Gasteiger partial charge in [0, 0.05) is 16.6 Å². The maximum absolute atomic E-state index is 13.9. The molecule has 0 fully saturated rings. The molecule has 0 aliphatic carbocycles. The number of aldehydes is 1. The highest BCUT2D eigenvalue weighted by atomic mass is 19.1. The topological polar surface area (TPSA) is 39.2 Å². The lowest BCUT2D eigenvalue weighted by Crippen LogP contribution is -1.93. The van der Waals surface area contributed by atoms with Gasteiger partial charge in [-0.3, -0.25) is 4.79 Å². The highest BCUT2D eigenvalue weighted by Crippen LogP contribution is 2.30. The second kappa shape index (κ2) is 5.32. The molecule has 4 heteroatoms. The van der Waals surface area contributed by atoms with E-state index in [0.29, 0.717) is 17.6 Å². The third-order valence-electron chi connectivity index (χ3n) is 3.13. The number of aryl methyl sites for hydroxylation is 1. The fraction of sp³-hybridized carbons (Fsp3) is 0.0588. The first-order valence-corrected chi connectivity index (χ1v) is 6.46. The SMILES string of the molecule is Cc1ccc2cccc(Oc3ccc(C=O)cc3F)c2n1. The van der Waals surface area contributed by atoms with Crippen molar-refractivity contribution in [1.29, 1.82) is 0 Å². The second-order valence-electron chi connectivity index (χ2n) is 4.69. The minimum Gasteiger partial charge on any atom is -0.452 e. The molecule has 0 spiro atoms. The summed E-state index contributed by atoms with van der Waals surface area (Å²) in [6.45, 7) is 1.88. The van der Waals surface area contributed by atoms with Crippen LogP contribution in [0.4, 0.5) is 4.39 Å². The lowest BCUT2D eigenvalue weighted by Gasteiger charge is -2.09. The van der Waals surface area contributed by atoms with E-state index >= 15 is 0 Å². The number of pyridine rings is 1. The molecule has 3 rings (SSSR count). The van der Waals surface area contributed by atoms with Gasteiger partial charge in [-0.25, -0.2) is 9.37 Å². The van der Waals surface area contributed by atoms with Crippen LogP contribution in [-0.2, 0) is 0 Å². The van der Waals surface area contributed by atoms with Crippen molar-refractivity contribution < 1.29 is 13.9 Å². The van der Waals surface area contributed by atoms with Crippen LogP contribution in [0.15, 0.2) is 48.5 Å². The van der Waals surface area contributed by atoms with Gasteiger partial charge in [0.05, 0.1) is 0 Å². The van der Waals surface area contributed by atoms with Gasteiger partial charge in [-0.1, -0.05) is 18.2 Å². The number of benzene rings is 2. The number of hydrogen-bond donors (Lipinski definition) is 0. The van der Waals surface area contributed by atoms with Crippen molar-refractivity contribution in [1.82, 2.24) is 4.98 Å². The van der Waals surface area contributed by atoms with Crippen LogP contribution in [0.3, 0.4) is 0 Å². The number of halogens is 1. The van der Waals surface area contributed by atoms with Crippen molar-refractivity contribution in [3.05, 3.63) is 65.6 Å². The number of hydrogen-bond acceptors (Lipinski definition) is 3. The number of para-hydroxylation sites is 1. The van der Waals surface area contributed by atoms with Crippen molar-refractivity contribution in [3.63, 3.8) is 0 Å². The first-order valence-electron chi connectivity index (χ1n) is 6.46. The molecule has 0 aliphatic rings. The third-order valence-corrected chi connectivity index (χ3v) is 3.13. The van der Waals surface area contributed by atoms with Gasteiger partial charge in [0.2, 0.25) is 0 Å². The predicted molar refractivity (Wildman–Crippen MR) is 78.3 cm³/mol. The predicted octanol–water partition coefficient (Wildman–Crippen LogP) is 4.29. The van der Waals surface area contributed by atoms with Gasteiger partial charge >= 0.3 is 0 Å². The molecule has 0 unspecified atom stereocenters. The molecule has 0 saturated carbocycles. The van der Waals surface area contributed by atoms with E-state index in [1.807, 2.05) is 31.2 Å². The molecule has 0 amide bonds. The van der Waals surface area contributed by atoms with Crippen molar-refractivity contribution >= 4 is 17.2 Å². The molecule has 104 valence electrons. The minimum absolute atomic E-state index is 0.0661. The van der Waals surface area contributed by atoms with E-state index in [9.17, 15) is 9.18 Å². The van der Waals surface area contributed by atoms with Crippen LogP contribution in [-0.4, -0.2) is 11.3 Å². The van der Waals surface area contributed by atoms with Gasteiger partial charge in [0.15, 0.2) is 17.3 Å². The smallest absolute Gasteiger partial charge is 0.166 e. The standard InChI is InChI=1S/C17H12FNO2/c1-11-5-7-13-3-2-4-16(17(13)19-11)21-15-8-6-12(10-20)9-14(15)18/h2-10H,1H3. The summed E-state index contributed by atoms with van der Waals surface area (Å²) in [5.41, 5.74) is 1.80. The van der Waals surface area contributed by atoms with Crippen molar-refractivity contribution in [2.75, 3.05) is 0 Å². The van der Waals surface area contributed by atoms with E-state index in [1.165, 1.54) is 12.1 Å². The lowest BCUT2D eigenvalue weighted by molar-refractivity contribution is 0.112. The summed E-state index contributed by atoms with van der Waals surface area (Å²) in [5, 5.41) is 0.919. The Morgan fingerprint density at radius 2 is 1.95 bits per heavy atom. The molecule has 3 aromatic rings. The molecule has 0 aliphatic heterocycles. The normalized spacial score (nSPS) is 10.6. The summed E-state index contributed by atoms with van der Waals surface area (Å²) >= 11 is 0. The fourth-order valence-electron chi connectivity index (χ4n) is 2.09. The van der Waals surface area contributed by atoms with Gasteiger partial charge in [-0.05, 0) is 37.3 Å². The van der Waals surface area contributed by atoms with Gasteiger partial charge in [0.25, 0.3) is 0 Å². The fourth-order valence-corrected chi connectivity index (χ4v) is 2.09. The molecule has 2 aromatic carbocycles. The molecule has 1 aromatic heterocycles. The molecule has 0 N–H and O–H groups in total. The highest BCUT2D eigenvalue weighted by molar-refractivity contribution is 5.84. The highest BCUT2D eigenvalue weighted by Gasteiger charge is 2.09. The lowest BCUT2D eigenvalue weighted by atomic mass is 10.2. The Balaban J connectivity index is 2.05. The molecule has 3 nitrogen and oxygen atoms in total. The van der Waals surface area contributed by atoms with Crippen LogP contribution in [0.1, 0.15) is 16.1 Å². The van der Waals surface area contributed by atoms with E-state index in [1.54, 1.807) is 6.07 Å². The average Bonchev–Trinajstić information content (AvgIpc) is 2.49. The quantitative estimate of drug-likeness (QED) is 0.672. The number of aromatic nitrogens is 1. The van der Waals surface area contributed by atoms with E-state index in [0.717, 1.165) is 17.1 Å². The van der Waals surface area contributed by atoms with Gasteiger partial charge < -0.3 is 4.74 Å². The zero-order chi connectivity index (χ0) is 14.8. The zero-order valence-corrected chi connectivity index (χ0v) is 11.3. The minimum atomic E-state index is -0.579. The first-order chi connectivity index (χ1) is 10.2. The molecular formula is C17H12FNO2. The summed E-state index contributed by atoms with van der Waals surface area (Å²) in [6, 6.07) is 13.4. The molecule has 0 atom stereocenters. The Morgan fingerprint density at radius 3 is 2.71 bits per heavy atom. The first kappa shape index (κ1) is 13.2. The number of carbonyl (C=O) groups is 1. The summed E-state index contributed by atoms with van der Waals surface area (Å²) in [5.74, 6) is -0.0328. The Kier molecular flexibility index (Phi) is 3.36. The molecule has 1 heterocycles. The van der Waals surface area contributed by atoms with E-state index in [2.05, 4.69) is 4.98 Å². The summed E-state index contributed by atoms with van der Waals surface area (Å²) < 4.78 is 19.5. The number of nitrogens with zero attached hydrogens (tertiary/aromatic N) is 1. The Morgan fingerprint density at radius 1 is 1.10 bits per heavy atom. The summed E-state index contributed by atoms with van der Waals surface area (Å²) in [6.07, 6.45) is 0.593. The van der Waals surface area contributed by atoms with Gasteiger partial charge in [-0.15, -0.1) is 0 Å². The van der Waals surface area contributed by atoms with Crippen molar-refractivity contribution in [2.45, 2.75) is 6.92 Å². The van der Waals surface area contributed by atoms with Crippen molar-refractivity contribution in [2.24, 2.45) is 0 Å². The number of ether oxygens (including phenoxy) is 1. The van der Waals surface area contributed by atoms with Crippen LogP contribution >= 0.6 is 0 Å². The van der Waals surface area contributed by atoms with E-state index < -0.39 is 5.82 Å². The third kappa shape index (κ3) is 2.60. The Hall–Kier alpha value is -2.75. The Bertz CT molecular complexity index is 830. The van der Waals surface area contributed by atoms with Crippen LogP contribution in [0.5, 0.6) is 11.5 Å². The maximum atomic E-state index is 13.9. The molecular weight excluding hydrogens is 269 g/mol.